The maximum Gasteiger partial charge on any atom is 0.234 e. The van der Waals surface area contributed by atoms with Crippen LogP contribution < -0.4 is 10.1 Å². The lowest BCUT2D eigenvalue weighted by Crippen LogP contribution is -2.15. The highest BCUT2D eigenvalue weighted by Crippen LogP contribution is 2.23. The zero-order chi connectivity index (χ0) is 19.9. The van der Waals surface area contributed by atoms with Crippen LogP contribution in [0.5, 0.6) is 5.75 Å². The minimum Gasteiger partial charge on any atom is -0.494 e. The normalized spacial score (nSPS) is 10.5. The van der Waals surface area contributed by atoms with Gasteiger partial charge in [0.2, 0.25) is 5.91 Å². The number of hydrogen-bond donors (Lipinski definition) is 1. The van der Waals surface area contributed by atoms with Gasteiger partial charge in [0, 0.05) is 11.6 Å². The van der Waals surface area contributed by atoms with E-state index in [1.807, 2.05) is 37.3 Å². The summed E-state index contributed by atoms with van der Waals surface area (Å²) in [5.41, 5.74) is 1.53. The number of nitrogens with zero attached hydrogens (tertiary/aromatic N) is 2. The van der Waals surface area contributed by atoms with Crippen molar-refractivity contribution >= 4 is 23.4 Å². The van der Waals surface area contributed by atoms with E-state index in [1.54, 1.807) is 6.07 Å². The lowest BCUT2D eigenvalue weighted by molar-refractivity contribution is -0.113. The van der Waals surface area contributed by atoms with Crippen LogP contribution in [0, 0.1) is 11.6 Å². The minimum absolute atomic E-state index is 0.0217. The third kappa shape index (κ3) is 5.26. The third-order valence-electron chi connectivity index (χ3n) is 3.66. The van der Waals surface area contributed by atoms with Crippen molar-refractivity contribution in [3.05, 3.63) is 66.2 Å². The number of aromatic nitrogens is 2. The molecule has 0 aliphatic rings. The van der Waals surface area contributed by atoms with E-state index >= 15 is 0 Å². The minimum atomic E-state index is -0.821. The van der Waals surface area contributed by atoms with Crippen LogP contribution in [0.25, 0.3) is 11.3 Å². The number of amides is 1. The Morgan fingerprint density at radius 1 is 1.07 bits per heavy atom. The van der Waals surface area contributed by atoms with Crippen molar-refractivity contribution in [2.45, 2.75) is 11.9 Å². The first-order valence-corrected chi connectivity index (χ1v) is 9.48. The SMILES string of the molecule is CCOc1ccc(-c2ccc(SCC(=O)Nc3ccc(F)cc3F)nn2)cc1. The van der Waals surface area contributed by atoms with Gasteiger partial charge in [0.15, 0.2) is 0 Å². The molecule has 0 aliphatic heterocycles. The highest BCUT2D eigenvalue weighted by molar-refractivity contribution is 7.99. The average molecular weight is 401 g/mol. The zero-order valence-electron chi connectivity index (χ0n) is 15.0. The van der Waals surface area contributed by atoms with Gasteiger partial charge in [-0.3, -0.25) is 4.79 Å². The summed E-state index contributed by atoms with van der Waals surface area (Å²) < 4.78 is 31.8. The summed E-state index contributed by atoms with van der Waals surface area (Å²) in [6.07, 6.45) is 0. The van der Waals surface area contributed by atoms with Crippen LogP contribution in [0.15, 0.2) is 59.6 Å². The van der Waals surface area contributed by atoms with Crippen LogP contribution in [0.2, 0.25) is 0 Å². The van der Waals surface area contributed by atoms with Gasteiger partial charge in [-0.15, -0.1) is 10.2 Å². The molecule has 3 aromatic rings. The number of nitrogens with one attached hydrogen (secondary N) is 1. The maximum atomic E-state index is 13.6. The number of ether oxygens (including phenoxy) is 1. The van der Waals surface area contributed by atoms with E-state index in [4.69, 9.17) is 4.74 Å². The summed E-state index contributed by atoms with van der Waals surface area (Å²) in [6, 6.07) is 14.1. The summed E-state index contributed by atoms with van der Waals surface area (Å²) in [4.78, 5) is 11.9. The van der Waals surface area contributed by atoms with Gasteiger partial charge < -0.3 is 10.1 Å². The molecular formula is C20H17F2N3O2S. The van der Waals surface area contributed by atoms with Crippen molar-refractivity contribution in [2.75, 3.05) is 17.7 Å². The van der Waals surface area contributed by atoms with Crippen molar-refractivity contribution in [2.24, 2.45) is 0 Å². The number of benzene rings is 2. The Balaban J connectivity index is 1.56. The first-order valence-electron chi connectivity index (χ1n) is 8.50. The van der Waals surface area contributed by atoms with E-state index in [0.29, 0.717) is 23.4 Å². The fourth-order valence-corrected chi connectivity index (χ4v) is 2.97. The van der Waals surface area contributed by atoms with Gasteiger partial charge in [-0.1, -0.05) is 11.8 Å². The number of thioether (sulfide) groups is 1. The van der Waals surface area contributed by atoms with Crippen molar-refractivity contribution in [3.63, 3.8) is 0 Å². The summed E-state index contributed by atoms with van der Waals surface area (Å²) >= 11 is 1.17. The molecule has 0 saturated carbocycles. The van der Waals surface area contributed by atoms with E-state index < -0.39 is 17.5 Å². The van der Waals surface area contributed by atoms with Crippen LogP contribution >= 0.6 is 11.8 Å². The quantitative estimate of drug-likeness (QED) is 0.589. The Morgan fingerprint density at radius 3 is 2.50 bits per heavy atom. The van der Waals surface area contributed by atoms with Gasteiger partial charge in [-0.25, -0.2) is 8.78 Å². The molecule has 1 amide bonds. The molecule has 1 heterocycles. The zero-order valence-corrected chi connectivity index (χ0v) is 15.8. The Kier molecular flexibility index (Phi) is 6.54. The Hall–Kier alpha value is -3.00. The summed E-state index contributed by atoms with van der Waals surface area (Å²) in [6.45, 7) is 2.53. The molecule has 1 N–H and O–H groups in total. The average Bonchev–Trinajstić information content (AvgIpc) is 2.70. The van der Waals surface area contributed by atoms with Crippen LogP contribution in [0.4, 0.5) is 14.5 Å². The molecule has 0 fully saturated rings. The molecule has 0 unspecified atom stereocenters. The first-order chi connectivity index (χ1) is 13.5. The van der Waals surface area contributed by atoms with Crippen LogP contribution in [0.3, 0.4) is 0 Å². The molecule has 0 atom stereocenters. The van der Waals surface area contributed by atoms with Gasteiger partial charge in [0.1, 0.15) is 22.4 Å². The topological polar surface area (TPSA) is 64.1 Å². The number of halogens is 2. The highest BCUT2D eigenvalue weighted by Gasteiger charge is 2.10. The van der Waals surface area contributed by atoms with E-state index in [2.05, 4.69) is 15.5 Å². The number of carbonyl (C=O) groups is 1. The summed E-state index contributed by atoms with van der Waals surface area (Å²) in [5, 5.41) is 11.2. The second-order valence-electron chi connectivity index (χ2n) is 5.68. The monoisotopic (exact) mass is 401 g/mol. The van der Waals surface area contributed by atoms with E-state index in [1.165, 1.54) is 17.8 Å². The predicted molar refractivity (Wildman–Crippen MR) is 104 cm³/mol. The summed E-state index contributed by atoms with van der Waals surface area (Å²) in [7, 11) is 0. The fraction of sp³-hybridized carbons (Fsp3) is 0.150. The smallest absolute Gasteiger partial charge is 0.234 e. The van der Waals surface area contributed by atoms with Crippen molar-refractivity contribution in [1.29, 1.82) is 0 Å². The molecule has 0 aliphatic carbocycles. The van der Waals surface area contributed by atoms with Gasteiger partial charge in [-0.05, 0) is 55.5 Å². The number of anilines is 1. The Bertz CT molecular complexity index is 951. The van der Waals surface area contributed by atoms with Gasteiger partial charge in [0.05, 0.1) is 23.7 Å². The largest absolute Gasteiger partial charge is 0.494 e. The van der Waals surface area contributed by atoms with Crippen molar-refractivity contribution in [1.82, 2.24) is 10.2 Å². The lowest BCUT2D eigenvalue weighted by Gasteiger charge is -2.07. The maximum absolute atomic E-state index is 13.6. The molecule has 0 bridgehead atoms. The van der Waals surface area contributed by atoms with Crippen molar-refractivity contribution in [3.8, 4) is 17.0 Å². The molecule has 3 rings (SSSR count). The second kappa shape index (κ2) is 9.27. The Morgan fingerprint density at radius 2 is 1.86 bits per heavy atom. The number of hydrogen-bond acceptors (Lipinski definition) is 5. The van der Waals surface area contributed by atoms with Gasteiger partial charge >= 0.3 is 0 Å². The highest BCUT2D eigenvalue weighted by atomic mass is 32.2. The molecule has 28 heavy (non-hydrogen) atoms. The standard InChI is InChI=1S/C20H17F2N3O2S/c1-2-27-15-6-3-13(4-7-15)17-9-10-20(25-24-17)28-12-19(26)23-18-8-5-14(21)11-16(18)22/h3-11H,2,12H2,1H3,(H,23,26). The van der Waals surface area contributed by atoms with E-state index in [0.717, 1.165) is 17.4 Å². The van der Waals surface area contributed by atoms with Gasteiger partial charge in [0.25, 0.3) is 0 Å². The van der Waals surface area contributed by atoms with Crippen LogP contribution in [-0.4, -0.2) is 28.5 Å². The molecule has 0 radical (unpaired) electrons. The Labute approximate surface area is 165 Å². The number of rotatable bonds is 7. The van der Waals surface area contributed by atoms with Crippen LogP contribution in [-0.2, 0) is 4.79 Å². The molecule has 5 nitrogen and oxygen atoms in total. The molecule has 1 aromatic heterocycles. The fourth-order valence-electron chi connectivity index (χ4n) is 2.36. The van der Waals surface area contributed by atoms with Crippen LogP contribution in [0.1, 0.15) is 6.92 Å². The predicted octanol–water partition coefficient (Wildman–Crippen LogP) is 4.55. The molecule has 144 valence electrons. The molecule has 2 aromatic carbocycles. The third-order valence-corrected chi connectivity index (χ3v) is 4.58. The molecule has 8 heteroatoms. The lowest BCUT2D eigenvalue weighted by atomic mass is 10.1. The second-order valence-corrected chi connectivity index (χ2v) is 6.67. The molecular weight excluding hydrogens is 384 g/mol. The van der Waals surface area contributed by atoms with E-state index in [9.17, 15) is 13.6 Å². The molecule has 0 spiro atoms. The summed E-state index contributed by atoms with van der Waals surface area (Å²) in [5.74, 6) is -1.14. The van der Waals surface area contributed by atoms with Crippen molar-refractivity contribution < 1.29 is 18.3 Å². The van der Waals surface area contributed by atoms with Gasteiger partial charge in [-0.2, -0.15) is 0 Å². The first kappa shape index (κ1) is 19.8. The molecule has 0 saturated heterocycles. The van der Waals surface area contributed by atoms with E-state index in [-0.39, 0.29) is 11.4 Å². The number of carbonyl (C=O) groups excluding carboxylic acids is 1.